The first-order chi connectivity index (χ1) is 9.52. The highest BCUT2D eigenvalue weighted by molar-refractivity contribution is 5.91. The molecule has 0 atom stereocenters. The fourth-order valence-corrected chi connectivity index (χ4v) is 1.79. The molecule has 0 heterocycles. The van der Waals surface area contributed by atoms with Crippen LogP contribution in [0.1, 0.15) is 20.7 Å². The molecule has 0 saturated heterocycles. The van der Waals surface area contributed by atoms with E-state index < -0.39 is 17.8 Å². The maximum Gasteiger partial charge on any atom is 0.338 e. The van der Waals surface area contributed by atoms with Crippen molar-refractivity contribution in [1.82, 2.24) is 0 Å². The molecule has 1 N–H and O–H groups in total. The zero-order valence-electron chi connectivity index (χ0n) is 10.6. The Morgan fingerprint density at radius 1 is 1.05 bits per heavy atom. The van der Waals surface area contributed by atoms with Gasteiger partial charge in [0.1, 0.15) is 5.82 Å². The predicted molar refractivity (Wildman–Crippen MR) is 70.1 cm³/mol. The Kier molecular flexibility index (Phi) is 3.79. The van der Waals surface area contributed by atoms with E-state index in [9.17, 15) is 14.0 Å². The maximum absolute atomic E-state index is 13.3. The number of hydrogen-bond acceptors (Lipinski definition) is 3. The van der Waals surface area contributed by atoms with Gasteiger partial charge in [0.2, 0.25) is 0 Å². The van der Waals surface area contributed by atoms with Gasteiger partial charge in [-0.05, 0) is 35.4 Å². The first-order valence-electron chi connectivity index (χ1n) is 5.74. The quantitative estimate of drug-likeness (QED) is 0.874. The molecule has 0 amide bonds. The lowest BCUT2D eigenvalue weighted by Crippen LogP contribution is -2.01. The van der Waals surface area contributed by atoms with Crippen LogP contribution in [0, 0.1) is 5.82 Å². The summed E-state index contributed by atoms with van der Waals surface area (Å²) in [5.74, 6) is -2.56. The van der Waals surface area contributed by atoms with Crippen LogP contribution >= 0.6 is 0 Å². The summed E-state index contributed by atoms with van der Waals surface area (Å²) in [6.45, 7) is 0. The number of carbonyl (C=O) groups excluding carboxylic acids is 1. The molecule has 20 heavy (non-hydrogen) atoms. The van der Waals surface area contributed by atoms with Gasteiger partial charge in [-0.3, -0.25) is 0 Å². The van der Waals surface area contributed by atoms with Gasteiger partial charge in [0.15, 0.2) is 0 Å². The molecular weight excluding hydrogens is 263 g/mol. The number of ether oxygens (including phenoxy) is 1. The van der Waals surface area contributed by atoms with Crippen molar-refractivity contribution in [1.29, 1.82) is 0 Å². The summed E-state index contributed by atoms with van der Waals surface area (Å²) in [4.78, 5) is 22.2. The normalized spacial score (nSPS) is 10.1. The number of hydrogen-bond donors (Lipinski definition) is 1. The summed E-state index contributed by atoms with van der Waals surface area (Å²) in [6.07, 6.45) is 0. The average molecular weight is 274 g/mol. The van der Waals surface area contributed by atoms with Crippen LogP contribution in [-0.2, 0) is 4.74 Å². The second kappa shape index (κ2) is 5.52. The summed E-state index contributed by atoms with van der Waals surface area (Å²) in [5, 5.41) is 8.88. The average Bonchev–Trinajstić information content (AvgIpc) is 2.47. The molecule has 0 unspecified atom stereocenters. The first-order valence-corrected chi connectivity index (χ1v) is 5.74. The van der Waals surface area contributed by atoms with Crippen molar-refractivity contribution in [3.63, 3.8) is 0 Å². The molecule has 2 rings (SSSR count). The molecule has 0 saturated carbocycles. The predicted octanol–water partition coefficient (Wildman–Crippen LogP) is 2.98. The minimum absolute atomic E-state index is 0.386. The number of methoxy groups -OCH3 is 1. The highest BCUT2D eigenvalue weighted by Crippen LogP contribution is 2.23. The topological polar surface area (TPSA) is 63.6 Å². The molecule has 5 heteroatoms. The van der Waals surface area contributed by atoms with Crippen molar-refractivity contribution in [2.75, 3.05) is 7.11 Å². The lowest BCUT2D eigenvalue weighted by atomic mass is 10.0. The van der Waals surface area contributed by atoms with E-state index in [-0.39, 0.29) is 5.56 Å². The summed E-state index contributed by atoms with van der Waals surface area (Å²) in [6, 6.07) is 10.2. The molecule has 0 fully saturated rings. The van der Waals surface area contributed by atoms with Gasteiger partial charge in [-0.1, -0.05) is 18.2 Å². The van der Waals surface area contributed by atoms with Gasteiger partial charge < -0.3 is 9.84 Å². The third-order valence-electron chi connectivity index (χ3n) is 2.84. The van der Waals surface area contributed by atoms with Gasteiger partial charge in [0.05, 0.1) is 18.2 Å². The number of halogens is 1. The van der Waals surface area contributed by atoms with Crippen molar-refractivity contribution in [3.05, 3.63) is 59.4 Å². The van der Waals surface area contributed by atoms with E-state index in [4.69, 9.17) is 5.11 Å². The van der Waals surface area contributed by atoms with Crippen molar-refractivity contribution in [2.24, 2.45) is 0 Å². The van der Waals surface area contributed by atoms with Gasteiger partial charge >= 0.3 is 11.9 Å². The fraction of sp³-hybridized carbons (Fsp3) is 0.0667. The van der Waals surface area contributed by atoms with Crippen LogP contribution in [0.25, 0.3) is 11.1 Å². The summed E-state index contributed by atoms with van der Waals surface area (Å²) in [5.41, 5.74) is 1.23. The molecule has 2 aromatic carbocycles. The molecule has 0 bridgehead atoms. The van der Waals surface area contributed by atoms with Crippen LogP contribution in [0.3, 0.4) is 0 Å². The van der Waals surface area contributed by atoms with Gasteiger partial charge in [0, 0.05) is 0 Å². The van der Waals surface area contributed by atoms with Crippen LogP contribution in [0.15, 0.2) is 42.5 Å². The Morgan fingerprint density at radius 3 is 2.20 bits per heavy atom. The van der Waals surface area contributed by atoms with Gasteiger partial charge in [-0.25, -0.2) is 14.0 Å². The maximum atomic E-state index is 13.3. The van der Waals surface area contributed by atoms with Crippen molar-refractivity contribution in [2.45, 2.75) is 0 Å². The minimum Gasteiger partial charge on any atom is -0.478 e. The summed E-state index contributed by atoms with van der Waals surface area (Å²) < 4.78 is 17.9. The lowest BCUT2D eigenvalue weighted by Gasteiger charge is -2.05. The van der Waals surface area contributed by atoms with E-state index in [1.807, 2.05) is 0 Å². The molecule has 0 spiro atoms. The third kappa shape index (κ3) is 2.66. The van der Waals surface area contributed by atoms with Crippen LogP contribution in [0.2, 0.25) is 0 Å². The molecule has 0 radical (unpaired) electrons. The number of esters is 1. The monoisotopic (exact) mass is 274 g/mol. The Labute approximate surface area is 114 Å². The van der Waals surface area contributed by atoms with Crippen LogP contribution in [0.4, 0.5) is 4.39 Å². The van der Waals surface area contributed by atoms with Crippen LogP contribution in [-0.4, -0.2) is 24.2 Å². The number of benzene rings is 2. The summed E-state index contributed by atoms with van der Waals surface area (Å²) in [7, 11) is 1.29. The van der Waals surface area contributed by atoms with Crippen LogP contribution in [0.5, 0.6) is 0 Å². The fourth-order valence-electron chi connectivity index (χ4n) is 1.79. The number of carbonyl (C=O) groups is 2. The smallest absolute Gasteiger partial charge is 0.338 e. The van der Waals surface area contributed by atoms with Gasteiger partial charge in [-0.15, -0.1) is 0 Å². The van der Waals surface area contributed by atoms with E-state index in [1.54, 1.807) is 24.3 Å². The number of carboxylic acids is 1. The van der Waals surface area contributed by atoms with Crippen molar-refractivity contribution >= 4 is 11.9 Å². The second-order valence-electron chi connectivity index (χ2n) is 4.07. The molecule has 0 aliphatic heterocycles. The van der Waals surface area contributed by atoms with E-state index in [1.165, 1.54) is 19.2 Å². The SMILES string of the molecule is COC(=O)c1ccc(-c2ccc(F)c(C(=O)O)c2)cc1. The van der Waals surface area contributed by atoms with E-state index in [0.29, 0.717) is 16.7 Å². The van der Waals surface area contributed by atoms with Crippen LogP contribution < -0.4 is 0 Å². The van der Waals surface area contributed by atoms with Crippen molar-refractivity contribution in [3.8, 4) is 11.1 Å². The summed E-state index contributed by atoms with van der Waals surface area (Å²) >= 11 is 0. The second-order valence-corrected chi connectivity index (χ2v) is 4.07. The Balaban J connectivity index is 2.39. The largest absolute Gasteiger partial charge is 0.478 e. The molecule has 0 aliphatic carbocycles. The molecule has 0 aromatic heterocycles. The Morgan fingerprint density at radius 2 is 1.65 bits per heavy atom. The van der Waals surface area contributed by atoms with Crippen molar-refractivity contribution < 1.29 is 23.8 Å². The standard InChI is InChI=1S/C15H11FO4/c1-20-15(19)10-4-2-9(3-5-10)11-6-7-13(16)12(8-11)14(17)18/h2-8H,1H3,(H,17,18). The first kappa shape index (κ1) is 13.7. The Hall–Kier alpha value is -2.69. The van der Waals surface area contributed by atoms with Gasteiger partial charge in [-0.2, -0.15) is 0 Å². The molecule has 4 nitrogen and oxygen atoms in total. The molecule has 102 valence electrons. The van der Waals surface area contributed by atoms with E-state index >= 15 is 0 Å². The lowest BCUT2D eigenvalue weighted by molar-refractivity contribution is 0.0599. The zero-order chi connectivity index (χ0) is 14.7. The van der Waals surface area contributed by atoms with E-state index in [2.05, 4.69) is 4.74 Å². The minimum atomic E-state index is -1.32. The number of aromatic carboxylic acids is 1. The molecule has 2 aromatic rings. The highest BCUT2D eigenvalue weighted by Gasteiger charge is 2.12. The highest BCUT2D eigenvalue weighted by atomic mass is 19.1. The molecule has 0 aliphatic rings. The van der Waals surface area contributed by atoms with E-state index in [0.717, 1.165) is 6.07 Å². The number of rotatable bonds is 3. The zero-order valence-corrected chi connectivity index (χ0v) is 10.6. The Bertz CT molecular complexity index is 662. The third-order valence-corrected chi connectivity index (χ3v) is 2.84. The number of carboxylic acid groups (broad SMARTS) is 1. The molecular formula is C15H11FO4. The van der Waals surface area contributed by atoms with Gasteiger partial charge in [0.25, 0.3) is 0 Å².